The van der Waals surface area contributed by atoms with E-state index in [9.17, 15) is 15.0 Å². The SMILES string of the molecule is CCCCOc1c(O)c(C(=O)O)c(CCC)c(Br)c1Br. The van der Waals surface area contributed by atoms with Crippen LogP contribution in [0, 0.1) is 0 Å². The zero-order valence-electron chi connectivity index (χ0n) is 11.5. The van der Waals surface area contributed by atoms with Crippen LogP contribution in [-0.2, 0) is 6.42 Å². The van der Waals surface area contributed by atoms with E-state index in [0.717, 1.165) is 19.3 Å². The number of hydrogen-bond donors (Lipinski definition) is 2. The third kappa shape index (κ3) is 3.67. The van der Waals surface area contributed by atoms with Gasteiger partial charge in [0.2, 0.25) is 0 Å². The van der Waals surface area contributed by atoms with Crippen molar-refractivity contribution in [3.63, 3.8) is 0 Å². The van der Waals surface area contributed by atoms with Crippen molar-refractivity contribution in [2.75, 3.05) is 6.61 Å². The van der Waals surface area contributed by atoms with Crippen molar-refractivity contribution < 1.29 is 19.7 Å². The van der Waals surface area contributed by atoms with Gasteiger partial charge in [-0.25, -0.2) is 4.79 Å². The molecule has 6 heteroatoms. The van der Waals surface area contributed by atoms with Crippen LogP contribution in [-0.4, -0.2) is 22.8 Å². The van der Waals surface area contributed by atoms with Crippen molar-refractivity contribution in [2.24, 2.45) is 0 Å². The van der Waals surface area contributed by atoms with E-state index in [1.165, 1.54) is 0 Å². The molecule has 4 nitrogen and oxygen atoms in total. The topological polar surface area (TPSA) is 66.8 Å². The molecule has 0 aliphatic heterocycles. The molecule has 0 bridgehead atoms. The van der Waals surface area contributed by atoms with E-state index in [2.05, 4.69) is 31.9 Å². The van der Waals surface area contributed by atoms with Crippen LogP contribution in [0.2, 0.25) is 0 Å². The molecule has 0 aliphatic rings. The summed E-state index contributed by atoms with van der Waals surface area (Å²) in [5.74, 6) is -1.28. The van der Waals surface area contributed by atoms with Gasteiger partial charge in [-0.3, -0.25) is 0 Å². The lowest BCUT2D eigenvalue weighted by Gasteiger charge is -2.17. The number of hydrogen-bond acceptors (Lipinski definition) is 3. The lowest BCUT2D eigenvalue weighted by molar-refractivity contribution is 0.0691. The smallest absolute Gasteiger partial charge is 0.339 e. The quantitative estimate of drug-likeness (QED) is 0.637. The average Bonchev–Trinajstić information content (AvgIpc) is 2.39. The van der Waals surface area contributed by atoms with E-state index in [-0.39, 0.29) is 17.1 Å². The molecule has 0 saturated carbocycles. The second-order valence-electron chi connectivity index (χ2n) is 4.42. The zero-order chi connectivity index (χ0) is 15.3. The summed E-state index contributed by atoms with van der Waals surface area (Å²) in [6, 6.07) is 0. The van der Waals surface area contributed by atoms with Crippen LogP contribution < -0.4 is 4.74 Å². The maximum Gasteiger partial charge on any atom is 0.339 e. The van der Waals surface area contributed by atoms with Gasteiger partial charge in [-0.05, 0) is 50.3 Å². The average molecular weight is 410 g/mol. The highest BCUT2D eigenvalue weighted by Crippen LogP contribution is 2.45. The molecular formula is C14H18Br2O4. The molecule has 0 aromatic heterocycles. The number of carboxylic acid groups (broad SMARTS) is 1. The summed E-state index contributed by atoms with van der Waals surface area (Å²) in [6.45, 7) is 4.41. The van der Waals surface area contributed by atoms with Crippen LogP contribution in [0.1, 0.15) is 49.0 Å². The number of aromatic hydroxyl groups is 1. The van der Waals surface area contributed by atoms with Crippen molar-refractivity contribution in [1.82, 2.24) is 0 Å². The first-order valence-electron chi connectivity index (χ1n) is 6.54. The molecule has 0 saturated heterocycles. The summed E-state index contributed by atoms with van der Waals surface area (Å²) in [5, 5.41) is 19.5. The minimum atomic E-state index is -1.15. The molecule has 1 aromatic rings. The molecule has 20 heavy (non-hydrogen) atoms. The van der Waals surface area contributed by atoms with E-state index >= 15 is 0 Å². The van der Waals surface area contributed by atoms with Crippen LogP contribution in [0.5, 0.6) is 11.5 Å². The molecule has 0 atom stereocenters. The van der Waals surface area contributed by atoms with Gasteiger partial charge in [-0.15, -0.1) is 0 Å². The fraction of sp³-hybridized carbons (Fsp3) is 0.500. The van der Waals surface area contributed by atoms with Crippen LogP contribution in [0.25, 0.3) is 0 Å². The molecule has 0 spiro atoms. The van der Waals surface area contributed by atoms with Crippen LogP contribution in [0.4, 0.5) is 0 Å². The Morgan fingerprint density at radius 3 is 2.35 bits per heavy atom. The summed E-state index contributed by atoms with van der Waals surface area (Å²) in [5.41, 5.74) is 0.487. The summed E-state index contributed by atoms with van der Waals surface area (Å²) < 4.78 is 6.70. The van der Waals surface area contributed by atoms with Gasteiger partial charge in [0, 0.05) is 4.47 Å². The minimum absolute atomic E-state index is 0.0894. The fourth-order valence-corrected chi connectivity index (χ4v) is 2.99. The number of benzene rings is 1. The lowest BCUT2D eigenvalue weighted by Crippen LogP contribution is -2.07. The van der Waals surface area contributed by atoms with E-state index in [1.54, 1.807) is 0 Å². The highest BCUT2D eigenvalue weighted by atomic mass is 79.9. The first kappa shape index (κ1) is 17.3. The van der Waals surface area contributed by atoms with Gasteiger partial charge >= 0.3 is 5.97 Å². The molecule has 0 amide bonds. The van der Waals surface area contributed by atoms with Crippen molar-refractivity contribution in [3.8, 4) is 11.5 Å². The third-order valence-electron chi connectivity index (χ3n) is 2.87. The second kappa shape index (κ2) is 7.88. The van der Waals surface area contributed by atoms with Gasteiger partial charge in [0.25, 0.3) is 0 Å². The van der Waals surface area contributed by atoms with Crippen LogP contribution >= 0.6 is 31.9 Å². The Morgan fingerprint density at radius 2 is 1.85 bits per heavy atom. The Bertz CT molecular complexity index is 501. The number of aromatic carboxylic acids is 1. The summed E-state index contributed by atoms with van der Waals surface area (Å²) >= 11 is 6.76. The summed E-state index contributed by atoms with van der Waals surface area (Å²) in [4.78, 5) is 11.4. The number of unbranched alkanes of at least 4 members (excludes halogenated alkanes) is 1. The van der Waals surface area contributed by atoms with E-state index < -0.39 is 5.97 Å². The molecule has 1 aromatic carbocycles. The number of ether oxygens (including phenoxy) is 1. The van der Waals surface area contributed by atoms with Gasteiger partial charge in [0.05, 0.1) is 11.1 Å². The molecule has 0 aliphatic carbocycles. The van der Waals surface area contributed by atoms with Crippen LogP contribution in [0.15, 0.2) is 8.95 Å². The molecule has 0 unspecified atom stereocenters. The molecular weight excluding hydrogens is 392 g/mol. The minimum Gasteiger partial charge on any atom is -0.504 e. The largest absolute Gasteiger partial charge is 0.504 e. The first-order valence-corrected chi connectivity index (χ1v) is 8.13. The Morgan fingerprint density at radius 1 is 1.20 bits per heavy atom. The Balaban J connectivity index is 3.36. The van der Waals surface area contributed by atoms with Crippen molar-refractivity contribution in [3.05, 3.63) is 20.1 Å². The lowest BCUT2D eigenvalue weighted by atomic mass is 10.0. The molecule has 2 N–H and O–H groups in total. The summed E-state index contributed by atoms with van der Waals surface area (Å²) in [7, 11) is 0. The predicted molar refractivity (Wildman–Crippen MR) is 84.9 cm³/mol. The normalized spacial score (nSPS) is 10.6. The zero-order valence-corrected chi connectivity index (χ0v) is 14.7. The molecule has 0 fully saturated rings. The second-order valence-corrected chi connectivity index (χ2v) is 6.00. The monoisotopic (exact) mass is 408 g/mol. The van der Waals surface area contributed by atoms with Gasteiger partial charge in [0.15, 0.2) is 11.5 Å². The van der Waals surface area contributed by atoms with Crippen molar-refractivity contribution in [1.29, 1.82) is 0 Å². The van der Waals surface area contributed by atoms with Gasteiger partial charge < -0.3 is 14.9 Å². The standard InChI is InChI=1S/C14H18Br2O4/c1-3-5-7-20-13-11(16)10(15)8(6-4-2)9(12(13)17)14(18)19/h17H,3-7H2,1-2H3,(H,18,19). The molecule has 112 valence electrons. The maximum absolute atomic E-state index is 11.4. The Hall–Kier alpha value is -0.750. The van der Waals surface area contributed by atoms with E-state index in [1.807, 2.05) is 13.8 Å². The highest BCUT2D eigenvalue weighted by molar-refractivity contribution is 9.13. The van der Waals surface area contributed by atoms with Crippen molar-refractivity contribution >= 4 is 37.8 Å². The summed E-state index contributed by atoms with van der Waals surface area (Å²) in [6.07, 6.45) is 3.13. The van der Waals surface area contributed by atoms with Crippen molar-refractivity contribution in [2.45, 2.75) is 39.5 Å². The number of rotatable bonds is 7. The number of carbonyl (C=O) groups is 1. The molecule has 1 rings (SSSR count). The Kier molecular flexibility index (Phi) is 6.82. The van der Waals surface area contributed by atoms with Gasteiger partial charge in [0.1, 0.15) is 5.56 Å². The van der Waals surface area contributed by atoms with Gasteiger partial charge in [-0.2, -0.15) is 0 Å². The predicted octanol–water partition coefficient (Wildman–Crippen LogP) is 4.75. The first-order chi connectivity index (χ1) is 9.45. The highest BCUT2D eigenvalue weighted by Gasteiger charge is 2.26. The number of phenols is 1. The number of carboxylic acids is 1. The fourth-order valence-electron chi connectivity index (χ4n) is 1.87. The molecule has 0 radical (unpaired) electrons. The van der Waals surface area contributed by atoms with Crippen LogP contribution in [0.3, 0.4) is 0 Å². The number of halogens is 2. The molecule has 0 heterocycles. The Labute approximate surface area is 135 Å². The van der Waals surface area contributed by atoms with Gasteiger partial charge in [-0.1, -0.05) is 26.7 Å². The van der Waals surface area contributed by atoms with E-state index in [4.69, 9.17) is 4.74 Å². The third-order valence-corrected chi connectivity index (χ3v) is 5.03. The maximum atomic E-state index is 11.4. The van der Waals surface area contributed by atoms with E-state index in [0.29, 0.717) is 27.5 Å².